The van der Waals surface area contributed by atoms with E-state index in [2.05, 4.69) is 26.8 Å². The quantitative estimate of drug-likeness (QED) is 0.471. The zero-order valence-corrected chi connectivity index (χ0v) is 19.3. The number of aryl methyl sites for hydroxylation is 1. The zero-order valence-electron chi connectivity index (χ0n) is 18.4. The van der Waals surface area contributed by atoms with Gasteiger partial charge in [-0.25, -0.2) is 0 Å². The number of thiophene rings is 1. The minimum absolute atomic E-state index is 0.110. The number of nitrogens with zero attached hydrogens (tertiary/aromatic N) is 1. The Morgan fingerprint density at radius 1 is 1.06 bits per heavy atom. The smallest absolute Gasteiger partial charge is 0.255 e. The van der Waals surface area contributed by atoms with Crippen molar-refractivity contribution in [2.75, 3.05) is 27.4 Å². The fraction of sp³-hybridized carbons (Fsp3) is 0.478. The number of fused-ring (bicyclic) bond motifs is 1. The van der Waals surface area contributed by atoms with Crippen LogP contribution in [0.5, 0.6) is 11.5 Å². The van der Waals surface area contributed by atoms with Crippen LogP contribution in [-0.4, -0.2) is 32.4 Å². The molecule has 1 fully saturated rings. The Labute approximate surface area is 185 Å². The normalized spacial score (nSPS) is 17.1. The lowest BCUT2D eigenvalue weighted by Crippen LogP contribution is -2.13. The minimum Gasteiger partial charge on any atom is -0.493 e. The number of hydrogen-bond donors (Lipinski definition) is 0. The summed E-state index contributed by atoms with van der Waals surface area (Å²) in [5.41, 5.74) is 3.38. The van der Waals surface area contributed by atoms with Crippen molar-refractivity contribution in [1.29, 1.82) is 0 Å². The molecule has 1 aromatic heterocycles. The molecule has 0 amide bonds. The molecule has 8 heteroatoms. The molecule has 4 rings (SSSR count). The largest absolute Gasteiger partial charge is 0.493 e. The summed E-state index contributed by atoms with van der Waals surface area (Å²) in [6, 6.07) is 5.85. The van der Waals surface area contributed by atoms with Crippen molar-refractivity contribution in [3.05, 3.63) is 60.5 Å². The maximum Gasteiger partial charge on any atom is 0.255 e. The van der Waals surface area contributed by atoms with Crippen molar-refractivity contribution in [1.82, 2.24) is 0 Å². The van der Waals surface area contributed by atoms with Gasteiger partial charge in [-0.3, -0.25) is 10.1 Å². The lowest BCUT2D eigenvalue weighted by Gasteiger charge is -2.22. The van der Waals surface area contributed by atoms with Crippen LogP contribution in [0.15, 0.2) is 23.9 Å². The Hall–Kier alpha value is -2.42. The van der Waals surface area contributed by atoms with Gasteiger partial charge in [0.15, 0.2) is 17.8 Å². The lowest BCUT2D eigenvalue weighted by atomic mass is 9.86. The Balaban J connectivity index is 1.99. The van der Waals surface area contributed by atoms with E-state index in [4.69, 9.17) is 18.9 Å². The molecule has 166 valence electrons. The molecule has 31 heavy (non-hydrogen) atoms. The Bertz CT molecular complexity index is 1040. The van der Waals surface area contributed by atoms with E-state index in [9.17, 15) is 10.1 Å². The van der Waals surface area contributed by atoms with E-state index >= 15 is 0 Å². The van der Waals surface area contributed by atoms with Crippen LogP contribution < -0.4 is 9.47 Å². The molecule has 1 aliphatic heterocycles. The summed E-state index contributed by atoms with van der Waals surface area (Å²) < 4.78 is 22.6. The SMILES string of the molecule is COc1cc2c(cc1OC)C(c1sc(C(C)(C)C)cc1C1OCCO1)=C([N+](=O)[O-])CC2. The molecule has 0 bridgehead atoms. The Kier molecular flexibility index (Phi) is 5.81. The van der Waals surface area contributed by atoms with Crippen molar-refractivity contribution >= 4 is 16.9 Å². The third-order valence-corrected chi connectivity index (χ3v) is 7.22. The molecule has 1 saturated heterocycles. The van der Waals surface area contributed by atoms with Gasteiger partial charge < -0.3 is 18.9 Å². The first-order chi connectivity index (χ1) is 14.7. The fourth-order valence-electron chi connectivity index (χ4n) is 4.01. The second kappa shape index (κ2) is 8.26. The van der Waals surface area contributed by atoms with Crippen molar-refractivity contribution in [3.8, 4) is 11.5 Å². The summed E-state index contributed by atoms with van der Waals surface area (Å²) in [4.78, 5) is 13.8. The van der Waals surface area contributed by atoms with E-state index in [-0.39, 0.29) is 16.0 Å². The lowest BCUT2D eigenvalue weighted by molar-refractivity contribution is -0.427. The van der Waals surface area contributed by atoms with Gasteiger partial charge in [-0.1, -0.05) is 20.8 Å². The van der Waals surface area contributed by atoms with Gasteiger partial charge in [0.2, 0.25) is 0 Å². The van der Waals surface area contributed by atoms with Crippen molar-refractivity contribution in [2.45, 2.75) is 45.3 Å². The summed E-state index contributed by atoms with van der Waals surface area (Å²) in [6.07, 6.45) is 0.395. The van der Waals surface area contributed by atoms with E-state index in [0.717, 1.165) is 26.4 Å². The van der Waals surface area contributed by atoms with Crippen molar-refractivity contribution in [3.63, 3.8) is 0 Å². The predicted octanol–water partition coefficient (Wildman–Crippen LogP) is 5.09. The number of hydrogen-bond acceptors (Lipinski definition) is 7. The highest BCUT2D eigenvalue weighted by Gasteiger charge is 2.35. The number of benzene rings is 1. The molecule has 2 aromatic rings. The molecule has 0 N–H and O–H groups in total. The summed E-state index contributed by atoms with van der Waals surface area (Å²) in [5.74, 6) is 1.17. The summed E-state index contributed by atoms with van der Waals surface area (Å²) in [5, 5.41) is 12.1. The molecule has 2 aliphatic rings. The Morgan fingerprint density at radius 2 is 1.71 bits per heavy atom. The van der Waals surface area contributed by atoms with Gasteiger partial charge in [-0.05, 0) is 41.2 Å². The van der Waals surface area contributed by atoms with Crippen LogP contribution in [0.1, 0.15) is 59.9 Å². The highest BCUT2D eigenvalue weighted by atomic mass is 32.1. The standard InChI is InChI=1S/C23H27NO6S/c1-23(2,3)19-12-15(22-29-8-9-30-22)21(31-19)20-14-11-18(28-5)17(27-4)10-13(14)6-7-16(20)24(25)26/h10-12,22H,6-9H2,1-5H3. The maximum atomic E-state index is 12.1. The van der Waals surface area contributed by atoms with Crippen LogP contribution in [0.3, 0.4) is 0 Å². The van der Waals surface area contributed by atoms with Crippen molar-refractivity contribution < 1.29 is 23.9 Å². The van der Waals surface area contributed by atoms with E-state index in [0.29, 0.717) is 43.1 Å². The number of ether oxygens (including phenoxy) is 4. The minimum atomic E-state index is -0.520. The molecular formula is C23H27NO6S. The number of rotatable bonds is 5. The van der Waals surface area contributed by atoms with Crippen LogP contribution >= 0.6 is 11.3 Å². The maximum absolute atomic E-state index is 12.1. The topological polar surface area (TPSA) is 80.1 Å². The first kappa shape index (κ1) is 21.8. The van der Waals surface area contributed by atoms with Gasteiger partial charge in [-0.15, -0.1) is 11.3 Å². The first-order valence-electron chi connectivity index (χ1n) is 10.2. The van der Waals surface area contributed by atoms with Crippen LogP contribution in [0, 0.1) is 10.1 Å². The summed E-state index contributed by atoms with van der Waals surface area (Å²) in [6.45, 7) is 7.41. The van der Waals surface area contributed by atoms with Crippen LogP contribution in [0.4, 0.5) is 0 Å². The van der Waals surface area contributed by atoms with Gasteiger partial charge in [0.05, 0.1) is 37.9 Å². The molecule has 0 unspecified atom stereocenters. The van der Waals surface area contributed by atoms with E-state index in [1.54, 1.807) is 25.6 Å². The van der Waals surface area contributed by atoms with Gasteiger partial charge in [0.25, 0.3) is 5.70 Å². The Morgan fingerprint density at radius 3 is 2.29 bits per heavy atom. The van der Waals surface area contributed by atoms with Crippen LogP contribution in [0.2, 0.25) is 0 Å². The molecular weight excluding hydrogens is 418 g/mol. The molecule has 0 spiro atoms. The molecule has 0 radical (unpaired) electrons. The first-order valence-corrected chi connectivity index (χ1v) is 11.1. The highest BCUT2D eigenvalue weighted by molar-refractivity contribution is 7.13. The van der Waals surface area contributed by atoms with E-state index in [1.165, 1.54) is 0 Å². The van der Waals surface area contributed by atoms with Gasteiger partial charge >= 0.3 is 0 Å². The fourth-order valence-corrected chi connectivity index (χ4v) is 5.33. The van der Waals surface area contributed by atoms with Crippen LogP contribution in [-0.2, 0) is 21.3 Å². The van der Waals surface area contributed by atoms with Gasteiger partial charge in [0.1, 0.15) is 0 Å². The average Bonchev–Trinajstić information content (AvgIpc) is 3.40. The van der Waals surface area contributed by atoms with Crippen LogP contribution in [0.25, 0.3) is 5.57 Å². The van der Waals surface area contributed by atoms with Gasteiger partial charge in [-0.2, -0.15) is 0 Å². The molecule has 1 aliphatic carbocycles. The number of methoxy groups -OCH3 is 2. The van der Waals surface area contributed by atoms with E-state index < -0.39 is 6.29 Å². The zero-order chi connectivity index (χ0) is 22.3. The van der Waals surface area contributed by atoms with Gasteiger partial charge in [0, 0.05) is 21.7 Å². The molecule has 7 nitrogen and oxygen atoms in total. The predicted molar refractivity (Wildman–Crippen MR) is 119 cm³/mol. The average molecular weight is 446 g/mol. The van der Waals surface area contributed by atoms with E-state index in [1.807, 2.05) is 12.1 Å². The van der Waals surface area contributed by atoms with Crippen molar-refractivity contribution in [2.24, 2.45) is 0 Å². The number of nitro groups is 1. The second-order valence-corrected chi connectivity index (χ2v) is 9.71. The monoisotopic (exact) mass is 445 g/mol. The summed E-state index contributed by atoms with van der Waals surface area (Å²) >= 11 is 1.57. The second-order valence-electron chi connectivity index (χ2n) is 8.66. The molecule has 1 aromatic carbocycles. The molecule has 0 saturated carbocycles. The number of allylic oxidation sites excluding steroid dienone is 1. The summed E-state index contributed by atoms with van der Waals surface area (Å²) in [7, 11) is 3.16. The highest BCUT2D eigenvalue weighted by Crippen LogP contribution is 2.48. The third kappa shape index (κ3) is 3.95. The third-order valence-electron chi connectivity index (χ3n) is 5.62. The molecule has 2 heterocycles. The molecule has 0 atom stereocenters.